The SMILES string of the molecule is COCC(C)NC(N)=NCC(c1ccccc1OC)N1CCCC1.I. The van der Waals surface area contributed by atoms with E-state index in [2.05, 4.69) is 21.3 Å². The summed E-state index contributed by atoms with van der Waals surface area (Å²) in [6.45, 7) is 5.40. The van der Waals surface area contributed by atoms with E-state index in [4.69, 9.17) is 15.2 Å². The fraction of sp³-hybridized carbons (Fsp3) is 0.611. The smallest absolute Gasteiger partial charge is 0.188 e. The maximum Gasteiger partial charge on any atom is 0.188 e. The van der Waals surface area contributed by atoms with E-state index < -0.39 is 0 Å². The number of methoxy groups -OCH3 is 2. The predicted octanol–water partition coefficient (Wildman–Crippen LogP) is 2.39. The van der Waals surface area contributed by atoms with E-state index in [0.717, 1.165) is 18.8 Å². The summed E-state index contributed by atoms with van der Waals surface area (Å²) in [4.78, 5) is 7.04. The molecule has 1 saturated heterocycles. The Morgan fingerprint density at radius 3 is 2.60 bits per heavy atom. The van der Waals surface area contributed by atoms with Crippen LogP contribution in [0, 0.1) is 0 Å². The third kappa shape index (κ3) is 6.63. The fourth-order valence-corrected chi connectivity index (χ4v) is 3.18. The van der Waals surface area contributed by atoms with Crippen LogP contribution in [0.5, 0.6) is 5.75 Å². The van der Waals surface area contributed by atoms with Crippen LogP contribution in [0.4, 0.5) is 0 Å². The van der Waals surface area contributed by atoms with E-state index in [1.54, 1.807) is 14.2 Å². The van der Waals surface area contributed by atoms with E-state index in [9.17, 15) is 0 Å². The number of nitrogens with one attached hydrogen (secondary N) is 1. The highest BCUT2D eigenvalue weighted by Crippen LogP contribution is 2.31. The minimum Gasteiger partial charge on any atom is -0.496 e. The van der Waals surface area contributed by atoms with Gasteiger partial charge in [-0.1, -0.05) is 18.2 Å². The summed E-state index contributed by atoms with van der Waals surface area (Å²) >= 11 is 0. The molecule has 0 amide bonds. The highest BCUT2D eigenvalue weighted by molar-refractivity contribution is 14.0. The Balaban J connectivity index is 0.00000312. The third-order valence-corrected chi connectivity index (χ3v) is 4.32. The van der Waals surface area contributed by atoms with Crippen molar-refractivity contribution in [1.82, 2.24) is 10.2 Å². The van der Waals surface area contributed by atoms with Gasteiger partial charge in [0.15, 0.2) is 5.96 Å². The largest absolute Gasteiger partial charge is 0.496 e. The molecule has 2 atom stereocenters. The maximum absolute atomic E-state index is 6.03. The van der Waals surface area contributed by atoms with E-state index in [0.29, 0.717) is 19.1 Å². The zero-order valence-corrected chi connectivity index (χ0v) is 17.7. The number of hydrogen-bond donors (Lipinski definition) is 2. The van der Waals surface area contributed by atoms with Crippen molar-refractivity contribution in [2.75, 3.05) is 40.5 Å². The van der Waals surface area contributed by atoms with Crippen molar-refractivity contribution in [2.24, 2.45) is 10.7 Å². The van der Waals surface area contributed by atoms with Gasteiger partial charge in [-0.3, -0.25) is 9.89 Å². The van der Waals surface area contributed by atoms with Gasteiger partial charge in [0, 0.05) is 18.7 Å². The van der Waals surface area contributed by atoms with E-state index in [-0.39, 0.29) is 36.1 Å². The van der Waals surface area contributed by atoms with Gasteiger partial charge in [-0.25, -0.2) is 0 Å². The standard InChI is InChI=1S/C18H30N4O2.HI/c1-14(13-23-2)21-18(19)20-12-16(22-10-6-7-11-22)15-8-4-5-9-17(15)24-3;/h4-5,8-9,14,16H,6-7,10-13H2,1-3H3,(H3,19,20,21);1H. The molecule has 1 fully saturated rings. The van der Waals surface area contributed by atoms with Gasteiger partial charge in [-0.05, 0) is 38.9 Å². The summed E-state index contributed by atoms with van der Waals surface area (Å²) in [6, 6.07) is 8.48. The Hall–Kier alpha value is -1.06. The van der Waals surface area contributed by atoms with Crippen LogP contribution in [0.15, 0.2) is 29.3 Å². The van der Waals surface area contributed by atoms with Crippen LogP contribution in [0.1, 0.15) is 31.4 Å². The molecule has 2 rings (SSSR count). The minimum absolute atomic E-state index is 0. The van der Waals surface area contributed by atoms with Crippen LogP contribution in [0.25, 0.3) is 0 Å². The van der Waals surface area contributed by atoms with Crippen LogP contribution in [0.2, 0.25) is 0 Å². The number of para-hydroxylation sites is 1. The van der Waals surface area contributed by atoms with Crippen LogP contribution in [0.3, 0.4) is 0 Å². The van der Waals surface area contributed by atoms with Crippen molar-refractivity contribution in [3.63, 3.8) is 0 Å². The lowest BCUT2D eigenvalue weighted by Crippen LogP contribution is -2.41. The number of aliphatic imine (C=N–C) groups is 1. The quantitative estimate of drug-likeness (QED) is 0.353. The molecule has 3 N–H and O–H groups in total. The Labute approximate surface area is 168 Å². The summed E-state index contributed by atoms with van der Waals surface area (Å²) in [6.07, 6.45) is 2.46. The van der Waals surface area contributed by atoms with E-state index >= 15 is 0 Å². The first-order valence-electron chi connectivity index (χ1n) is 8.58. The molecule has 0 aromatic heterocycles. The molecule has 0 saturated carbocycles. The summed E-state index contributed by atoms with van der Waals surface area (Å²) in [5.74, 6) is 1.36. The van der Waals surface area contributed by atoms with Crippen LogP contribution < -0.4 is 15.8 Å². The van der Waals surface area contributed by atoms with Crippen molar-refractivity contribution in [3.8, 4) is 5.75 Å². The maximum atomic E-state index is 6.03. The lowest BCUT2D eigenvalue weighted by Gasteiger charge is -2.28. The number of nitrogens with two attached hydrogens (primary N) is 1. The summed E-state index contributed by atoms with van der Waals surface area (Å²) in [5.41, 5.74) is 7.20. The molecule has 1 aromatic carbocycles. The summed E-state index contributed by atoms with van der Waals surface area (Å²) in [5, 5.41) is 3.16. The molecule has 0 radical (unpaired) electrons. The average molecular weight is 462 g/mol. The number of halogens is 1. The molecule has 2 unspecified atom stereocenters. The third-order valence-electron chi connectivity index (χ3n) is 4.32. The fourth-order valence-electron chi connectivity index (χ4n) is 3.18. The number of benzene rings is 1. The molecule has 0 aliphatic carbocycles. The highest BCUT2D eigenvalue weighted by Gasteiger charge is 2.25. The highest BCUT2D eigenvalue weighted by atomic mass is 127. The number of rotatable bonds is 8. The molecule has 0 bridgehead atoms. The van der Waals surface area contributed by atoms with Gasteiger partial charge in [0.1, 0.15) is 5.75 Å². The zero-order chi connectivity index (χ0) is 17.4. The van der Waals surface area contributed by atoms with E-state index in [1.165, 1.54) is 18.4 Å². The lowest BCUT2D eigenvalue weighted by molar-refractivity contribution is 0.179. The van der Waals surface area contributed by atoms with Gasteiger partial charge in [0.05, 0.1) is 26.3 Å². The van der Waals surface area contributed by atoms with Gasteiger partial charge in [0.2, 0.25) is 0 Å². The Morgan fingerprint density at radius 2 is 1.96 bits per heavy atom. The average Bonchev–Trinajstić information content (AvgIpc) is 3.10. The number of likely N-dealkylation sites (tertiary alicyclic amines) is 1. The van der Waals surface area contributed by atoms with Crippen molar-refractivity contribution in [1.29, 1.82) is 0 Å². The molecule has 0 spiro atoms. The molecule has 1 aromatic rings. The van der Waals surface area contributed by atoms with Gasteiger partial charge in [-0.15, -0.1) is 24.0 Å². The summed E-state index contributed by atoms with van der Waals surface area (Å²) < 4.78 is 10.7. The van der Waals surface area contributed by atoms with E-state index in [1.807, 2.05) is 25.1 Å². The van der Waals surface area contributed by atoms with Crippen molar-refractivity contribution < 1.29 is 9.47 Å². The molecular weight excluding hydrogens is 431 g/mol. The normalized spacial score (nSPS) is 17.6. The molecular formula is C18H31IN4O2. The summed E-state index contributed by atoms with van der Waals surface area (Å²) in [7, 11) is 3.39. The predicted molar refractivity (Wildman–Crippen MR) is 113 cm³/mol. The molecule has 6 nitrogen and oxygen atoms in total. The number of ether oxygens (including phenoxy) is 2. The second-order valence-electron chi connectivity index (χ2n) is 6.23. The molecule has 1 heterocycles. The lowest BCUT2D eigenvalue weighted by atomic mass is 10.0. The van der Waals surface area contributed by atoms with Gasteiger partial charge < -0.3 is 20.5 Å². The van der Waals surface area contributed by atoms with Crippen LogP contribution in [-0.4, -0.2) is 57.4 Å². The van der Waals surface area contributed by atoms with Crippen molar-refractivity contribution in [2.45, 2.75) is 31.8 Å². The Kier molecular flexibility index (Phi) is 10.1. The number of guanidine groups is 1. The first-order chi connectivity index (χ1) is 11.7. The second-order valence-corrected chi connectivity index (χ2v) is 6.23. The minimum atomic E-state index is 0. The van der Waals surface area contributed by atoms with Gasteiger partial charge in [0.25, 0.3) is 0 Å². The first kappa shape index (κ1) is 22.0. The molecule has 7 heteroatoms. The topological polar surface area (TPSA) is 72.1 Å². The zero-order valence-electron chi connectivity index (χ0n) is 15.4. The van der Waals surface area contributed by atoms with Gasteiger partial charge in [-0.2, -0.15) is 0 Å². The molecule has 1 aliphatic heterocycles. The Morgan fingerprint density at radius 1 is 1.28 bits per heavy atom. The van der Waals surface area contributed by atoms with Crippen LogP contribution >= 0.6 is 24.0 Å². The molecule has 1 aliphatic rings. The number of nitrogens with zero attached hydrogens (tertiary/aromatic N) is 2. The monoisotopic (exact) mass is 462 g/mol. The first-order valence-corrected chi connectivity index (χ1v) is 8.58. The molecule has 25 heavy (non-hydrogen) atoms. The van der Waals surface area contributed by atoms with Crippen molar-refractivity contribution in [3.05, 3.63) is 29.8 Å². The second kappa shape index (κ2) is 11.5. The molecule has 142 valence electrons. The Bertz CT molecular complexity index is 536. The van der Waals surface area contributed by atoms with Crippen molar-refractivity contribution >= 4 is 29.9 Å². The van der Waals surface area contributed by atoms with Gasteiger partial charge >= 0.3 is 0 Å². The van der Waals surface area contributed by atoms with Crippen LogP contribution in [-0.2, 0) is 4.74 Å². The number of hydrogen-bond acceptors (Lipinski definition) is 4.